The Kier molecular flexibility index (Phi) is 4.38. The Morgan fingerprint density at radius 3 is 2.78 bits per heavy atom. The predicted octanol–water partition coefficient (Wildman–Crippen LogP) is 4.00. The number of thiol groups is 1. The molecule has 1 heterocycles. The Labute approximate surface area is 122 Å². The predicted molar refractivity (Wildman–Crippen MR) is 80.3 cm³/mol. The minimum absolute atomic E-state index is 0.104. The van der Waals surface area contributed by atoms with Crippen molar-refractivity contribution in [2.24, 2.45) is 5.92 Å². The molecule has 0 bridgehead atoms. The fourth-order valence-electron chi connectivity index (χ4n) is 2.55. The fraction of sp³-hybridized carbons (Fsp3) is 0.500. The molecule has 0 radical (unpaired) electrons. The second-order valence-corrected chi connectivity index (χ2v) is 6.54. The van der Waals surface area contributed by atoms with Gasteiger partial charge in [0.25, 0.3) is 5.91 Å². The maximum Gasteiger partial charge on any atom is 0.255 e. The maximum atomic E-state index is 12.5. The third-order valence-corrected chi connectivity index (χ3v) is 4.45. The van der Waals surface area contributed by atoms with Gasteiger partial charge in [-0.2, -0.15) is 0 Å². The third kappa shape index (κ3) is 2.91. The van der Waals surface area contributed by atoms with Crippen molar-refractivity contribution in [3.05, 3.63) is 28.2 Å². The number of hydrogen-bond donors (Lipinski definition) is 1. The zero-order valence-electron chi connectivity index (χ0n) is 10.7. The van der Waals surface area contributed by atoms with Crippen LogP contribution in [-0.2, 0) is 0 Å². The van der Waals surface area contributed by atoms with E-state index in [4.69, 9.17) is 0 Å². The number of carbonyl (C=O) groups is 1. The number of halogens is 1. The molecule has 0 saturated carbocycles. The first-order valence-corrected chi connectivity index (χ1v) is 7.52. The molecular weight excluding hydrogens is 310 g/mol. The van der Waals surface area contributed by atoms with Crippen molar-refractivity contribution >= 4 is 34.5 Å². The number of carbonyl (C=O) groups excluding carboxylic acids is 1. The van der Waals surface area contributed by atoms with Gasteiger partial charge in [0.1, 0.15) is 0 Å². The molecule has 18 heavy (non-hydrogen) atoms. The van der Waals surface area contributed by atoms with E-state index < -0.39 is 0 Å². The van der Waals surface area contributed by atoms with Crippen molar-refractivity contribution in [3.63, 3.8) is 0 Å². The zero-order chi connectivity index (χ0) is 13.3. The van der Waals surface area contributed by atoms with Crippen molar-refractivity contribution in [2.75, 3.05) is 6.54 Å². The van der Waals surface area contributed by atoms with Crippen LogP contribution < -0.4 is 0 Å². The smallest absolute Gasteiger partial charge is 0.255 e. The fourth-order valence-corrected chi connectivity index (χ4v) is 3.40. The number of likely N-dealkylation sites (tertiary alicyclic amines) is 1. The lowest BCUT2D eigenvalue weighted by Crippen LogP contribution is -2.44. The highest BCUT2D eigenvalue weighted by Gasteiger charge is 2.28. The Hall–Kier alpha value is -0.480. The topological polar surface area (TPSA) is 20.3 Å². The molecule has 1 fully saturated rings. The van der Waals surface area contributed by atoms with Crippen LogP contribution in [0.15, 0.2) is 27.6 Å². The minimum atomic E-state index is 0.104. The molecule has 0 spiro atoms. The third-order valence-electron chi connectivity index (χ3n) is 3.59. The molecule has 1 amide bonds. The van der Waals surface area contributed by atoms with Crippen LogP contribution in [0.1, 0.15) is 37.0 Å². The highest BCUT2D eigenvalue weighted by Crippen LogP contribution is 2.26. The summed E-state index contributed by atoms with van der Waals surface area (Å²) >= 11 is 7.78. The van der Waals surface area contributed by atoms with Gasteiger partial charge in [0.05, 0.1) is 5.56 Å². The summed E-state index contributed by atoms with van der Waals surface area (Å²) in [5.74, 6) is 0.816. The number of nitrogens with zero attached hydrogens (tertiary/aromatic N) is 1. The van der Waals surface area contributed by atoms with E-state index in [-0.39, 0.29) is 5.91 Å². The normalized spacial score (nSPS) is 24.1. The average molecular weight is 328 g/mol. The van der Waals surface area contributed by atoms with Gasteiger partial charge in [-0.1, -0.05) is 22.9 Å². The van der Waals surface area contributed by atoms with Crippen LogP contribution >= 0.6 is 28.6 Å². The molecule has 1 saturated heterocycles. The first-order chi connectivity index (χ1) is 8.49. The van der Waals surface area contributed by atoms with E-state index in [1.165, 1.54) is 0 Å². The summed E-state index contributed by atoms with van der Waals surface area (Å²) < 4.78 is 0.948. The molecular formula is C14H18BrNOS. The van der Waals surface area contributed by atoms with Crippen molar-refractivity contribution in [2.45, 2.75) is 37.6 Å². The number of rotatable bonds is 1. The van der Waals surface area contributed by atoms with Gasteiger partial charge >= 0.3 is 0 Å². The van der Waals surface area contributed by atoms with Gasteiger partial charge in [0.15, 0.2) is 0 Å². The van der Waals surface area contributed by atoms with Crippen molar-refractivity contribution in [1.29, 1.82) is 0 Å². The molecule has 2 rings (SSSR count). The first-order valence-electron chi connectivity index (χ1n) is 6.28. The van der Waals surface area contributed by atoms with E-state index in [0.29, 0.717) is 17.5 Å². The summed E-state index contributed by atoms with van der Waals surface area (Å²) in [7, 11) is 0. The Morgan fingerprint density at radius 2 is 2.17 bits per heavy atom. The standard InChI is InChI=1S/C14H18BrNOS/c1-9-5-6-16(10(2)7-9)14(17)12-4-3-11(15)8-13(12)18/h3-4,8-10,18H,5-7H2,1-2H3. The highest BCUT2D eigenvalue weighted by atomic mass is 79.9. The van der Waals surface area contributed by atoms with Gasteiger partial charge in [-0.3, -0.25) is 4.79 Å². The van der Waals surface area contributed by atoms with Crippen LogP contribution in [0.4, 0.5) is 0 Å². The largest absolute Gasteiger partial charge is 0.336 e. The van der Waals surface area contributed by atoms with Gasteiger partial charge in [0.2, 0.25) is 0 Å². The monoisotopic (exact) mass is 327 g/mol. The molecule has 1 aromatic carbocycles. The molecule has 1 aliphatic rings. The van der Waals surface area contributed by atoms with E-state index >= 15 is 0 Å². The highest BCUT2D eigenvalue weighted by molar-refractivity contribution is 9.10. The lowest BCUT2D eigenvalue weighted by Gasteiger charge is -2.36. The lowest BCUT2D eigenvalue weighted by molar-refractivity contribution is 0.0585. The second kappa shape index (κ2) is 5.66. The van der Waals surface area contributed by atoms with Crippen LogP contribution in [0.2, 0.25) is 0 Å². The molecule has 2 unspecified atom stereocenters. The van der Waals surface area contributed by atoms with Crippen LogP contribution in [0.5, 0.6) is 0 Å². The van der Waals surface area contributed by atoms with Gasteiger partial charge in [-0.25, -0.2) is 0 Å². The molecule has 0 N–H and O–H groups in total. The van der Waals surface area contributed by atoms with Gasteiger partial charge in [0, 0.05) is 22.0 Å². The number of amides is 1. The molecule has 4 heteroatoms. The number of piperidine rings is 1. The average Bonchev–Trinajstić information content (AvgIpc) is 2.28. The summed E-state index contributed by atoms with van der Waals surface area (Å²) in [4.78, 5) is 15.2. The van der Waals surface area contributed by atoms with Crippen LogP contribution in [0.3, 0.4) is 0 Å². The molecule has 0 aromatic heterocycles. The quantitative estimate of drug-likeness (QED) is 0.773. The first kappa shape index (κ1) is 13.9. The van der Waals surface area contributed by atoms with Crippen LogP contribution in [0, 0.1) is 5.92 Å². The Balaban J connectivity index is 2.20. The summed E-state index contributed by atoms with van der Waals surface area (Å²) in [6.45, 7) is 5.23. The molecule has 98 valence electrons. The lowest BCUT2D eigenvalue weighted by atomic mass is 9.93. The van der Waals surface area contributed by atoms with Crippen molar-refractivity contribution < 1.29 is 4.79 Å². The van der Waals surface area contributed by atoms with E-state index in [2.05, 4.69) is 42.4 Å². The summed E-state index contributed by atoms with van der Waals surface area (Å²) in [5, 5.41) is 0. The van der Waals surface area contributed by atoms with E-state index in [9.17, 15) is 4.79 Å². The maximum absolute atomic E-state index is 12.5. The summed E-state index contributed by atoms with van der Waals surface area (Å²) in [6, 6.07) is 5.93. The van der Waals surface area contributed by atoms with Gasteiger partial charge in [-0.15, -0.1) is 12.6 Å². The van der Waals surface area contributed by atoms with E-state index in [1.807, 2.05) is 23.1 Å². The van der Waals surface area contributed by atoms with Gasteiger partial charge < -0.3 is 4.90 Å². The van der Waals surface area contributed by atoms with Crippen molar-refractivity contribution in [1.82, 2.24) is 4.90 Å². The second-order valence-electron chi connectivity index (χ2n) is 5.14. The molecule has 1 aliphatic heterocycles. The van der Waals surface area contributed by atoms with E-state index in [0.717, 1.165) is 28.8 Å². The minimum Gasteiger partial charge on any atom is -0.336 e. The summed E-state index contributed by atoms with van der Waals surface area (Å²) in [6.07, 6.45) is 2.18. The van der Waals surface area contributed by atoms with Crippen LogP contribution in [0.25, 0.3) is 0 Å². The van der Waals surface area contributed by atoms with Gasteiger partial charge in [-0.05, 0) is 43.9 Å². The van der Waals surface area contributed by atoms with E-state index in [1.54, 1.807) is 0 Å². The molecule has 2 nitrogen and oxygen atoms in total. The number of benzene rings is 1. The molecule has 0 aliphatic carbocycles. The summed E-state index contributed by atoms with van der Waals surface area (Å²) in [5.41, 5.74) is 0.697. The zero-order valence-corrected chi connectivity index (χ0v) is 13.2. The molecule has 1 aromatic rings. The Bertz CT molecular complexity index is 463. The molecule has 2 atom stereocenters. The van der Waals surface area contributed by atoms with Crippen LogP contribution in [-0.4, -0.2) is 23.4 Å². The Morgan fingerprint density at radius 1 is 1.44 bits per heavy atom. The SMILES string of the molecule is CC1CCN(C(=O)c2ccc(Br)cc2S)C(C)C1. The van der Waals surface area contributed by atoms with Crippen molar-refractivity contribution in [3.8, 4) is 0 Å². The number of hydrogen-bond acceptors (Lipinski definition) is 2.